The van der Waals surface area contributed by atoms with Crippen molar-refractivity contribution >= 4 is 17.7 Å². The van der Waals surface area contributed by atoms with Crippen LogP contribution in [0.25, 0.3) is 0 Å². The highest BCUT2D eigenvalue weighted by molar-refractivity contribution is 5.94. The Kier molecular flexibility index (Phi) is 5.38. The molecule has 0 saturated heterocycles. The van der Waals surface area contributed by atoms with Crippen molar-refractivity contribution < 1.29 is 29.7 Å². The van der Waals surface area contributed by atoms with Gasteiger partial charge < -0.3 is 15.3 Å². The van der Waals surface area contributed by atoms with Crippen LogP contribution in [0.15, 0.2) is 12.2 Å². The maximum Gasteiger partial charge on any atom is 0.309 e. The fourth-order valence-corrected chi connectivity index (χ4v) is 1.08. The normalized spacial score (nSPS) is 13.9. The Morgan fingerprint density at radius 1 is 1.19 bits per heavy atom. The Hall–Kier alpha value is -1.69. The first-order valence-electron chi connectivity index (χ1n) is 4.57. The first kappa shape index (κ1) is 14.3. The van der Waals surface area contributed by atoms with Crippen LogP contribution in [0.4, 0.5) is 0 Å². The number of allylic oxidation sites excluding steroid dienone is 1. The van der Waals surface area contributed by atoms with E-state index < -0.39 is 42.6 Å². The maximum atomic E-state index is 11.2. The van der Waals surface area contributed by atoms with E-state index in [1.807, 2.05) is 0 Å². The van der Waals surface area contributed by atoms with Gasteiger partial charge in [0.05, 0.1) is 18.4 Å². The summed E-state index contributed by atoms with van der Waals surface area (Å²) in [7, 11) is 0. The molecule has 90 valence electrons. The molecule has 0 aliphatic rings. The summed E-state index contributed by atoms with van der Waals surface area (Å²) in [6.07, 6.45) is -2.67. The van der Waals surface area contributed by atoms with Crippen LogP contribution in [0.5, 0.6) is 0 Å². The summed E-state index contributed by atoms with van der Waals surface area (Å²) in [6, 6.07) is 0. The molecule has 0 bridgehead atoms. The molecule has 0 heterocycles. The third-order valence-electron chi connectivity index (χ3n) is 2.05. The monoisotopic (exact) mass is 230 g/mol. The molecule has 0 radical (unpaired) electrons. The van der Waals surface area contributed by atoms with E-state index in [2.05, 4.69) is 6.58 Å². The molecule has 0 aromatic carbocycles. The van der Waals surface area contributed by atoms with Crippen molar-refractivity contribution in [2.45, 2.75) is 25.9 Å². The fourth-order valence-electron chi connectivity index (χ4n) is 1.08. The second kappa shape index (κ2) is 6.02. The summed E-state index contributed by atoms with van der Waals surface area (Å²) in [6.45, 7) is 4.78. The number of hydrogen-bond acceptors (Lipinski definition) is 4. The summed E-state index contributed by atoms with van der Waals surface area (Å²) < 4.78 is 0. The van der Waals surface area contributed by atoms with E-state index in [-0.39, 0.29) is 5.57 Å². The molecule has 3 N–H and O–H groups in total. The summed E-state index contributed by atoms with van der Waals surface area (Å²) in [5, 5.41) is 26.6. The number of rotatable bonds is 7. The zero-order chi connectivity index (χ0) is 12.9. The van der Waals surface area contributed by atoms with E-state index >= 15 is 0 Å². The third-order valence-corrected chi connectivity index (χ3v) is 2.05. The molecule has 0 rings (SSSR count). The van der Waals surface area contributed by atoms with Crippen LogP contribution in [0.1, 0.15) is 19.8 Å². The van der Waals surface area contributed by atoms with Gasteiger partial charge in [0, 0.05) is 6.42 Å². The Labute approximate surface area is 92.2 Å². The number of aliphatic carboxylic acids is 2. The van der Waals surface area contributed by atoms with Gasteiger partial charge in [0.25, 0.3) is 0 Å². The van der Waals surface area contributed by atoms with Gasteiger partial charge in [0.1, 0.15) is 0 Å². The van der Waals surface area contributed by atoms with Crippen LogP contribution in [0, 0.1) is 5.92 Å². The average molecular weight is 230 g/mol. The van der Waals surface area contributed by atoms with Gasteiger partial charge >= 0.3 is 11.9 Å². The Balaban J connectivity index is 4.56. The van der Waals surface area contributed by atoms with Crippen LogP contribution >= 0.6 is 0 Å². The molecule has 0 aliphatic carbocycles. The van der Waals surface area contributed by atoms with Gasteiger partial charge in [-0.1, -0.05) is 6.58 Å². The highest BCUT2D eigenvalue weighted by Crippen LogP contribution is 2.14. The predicted molar refractivity (Wildman–Crippen MR) is 53.8 cm³/mol. The number of aliphatic hydroxyl groups is 1. The quantitative estimate of drug-likeness (QED) is 0.533. The molecule has 16 heavy (non-hydrogen) atoms. The molecule has 0 spiro atoms. The lowest BCUT2D eigenvalue weighted by Crippen LogP contribution is -2.32. The standard InChI is InChI=1S/C10H14O6/c1-5(2)7(11)4-8(12)6(10(15)16)3-9(13)14/h6,8,12H,1,3-4H2,2H3,(H,13,14)(H,15,16). The van der Waals surface area contributed by atoms with Gasteiger partial charge in [0.15, 0.2) is 5.78 Å². The number of carbonyl (C=O) groups is 3. The Bertz CT molecular complexity index is 319. The van der Waals surface area contributed by atoms with E-state index in [4.69, 9.17) is 10.2 Å². The predicted octanol–water partition coefficient (Wildman–Crippen LogP) is 0.0581. The van der Waals surface area contributed by atoms with E-state index in [0.717, 1.165) is 0 Å². The van der Waals surface area contributed by atoms with E-state index in [9.17, 15) is 19.5 Å². The molecule has 6 heteroatoms. The van der Waals surface area contributed by atoms with Gasteiger partial charge in [0.2, 0.25) is 0 Å². The van der Waals surface area contributed by atoms with Gasteiger partial charge in [-0.05, 0) is 12.5 Å². The van der Waals surface area contributed by atoms with Gasteiger partial charge in [-0.15, -0.1) is 0 Å². The lowest BCUT2D eigenvalue weighted by Gasteiger charge is -2.16. The smallest absolute Gasteiger partial charge is 0.309 e. The molecule has 0 amide bonds. The van der Waals surface area contributed by atoms with Crippen molar-refractivity contribution in [3.05, 3.63) is 12.2 Å². The number of Topliss-reactive ketones (excluding diaryl/α,β-unsaturated/α-hetero) is 1. The lowest BCUT2D eigenvalue weighted by molar-refractivity contribution is -0.152. The van der Waals surface area contributed by atoms with Gasteiger partial charge in [-0.25, -0.2) is 0 Å². The van der Waals surface area contributed by atoms with Gasteiger partial charge in [-0.3, -0.25) is 14.4 Å². The minimum Gasteiger partial charge on any atom is -0.481 e. The average Bonchev–Trinajstić information content (AvgIpc) is 2.12. The summed E-state index contributed by atoms with van der Waals surface area (Å²) in [4.78, 5) is 32.2. The van der Waals surface area contributed by atoms with Crippen molar-refractivity contribution in [1.29, 1.82) is 0 Å². The minimum atomic E-state index is -1.52. The molecule has 0 fully saturated rings. The highest BCUT2D eigenvalue weighted by atomic mass is 16.4. The van der Waals surface area contributed by atoms with Crippen molar-refractivity contribution in [2.75, 3.05) is 0 Å². The summed E-state index contributed by atoms with van der Waals surface area (Å²) in [5.41, 5.74) is 0.193. The number of carboxylic acids is 2. The van der Waals surface area contributed by atoms with Crippen molar-refractivity contribution in [1.82, 2.24) is 0 Å². The number of ketones is 1. The van der Waals surface area contributed by atoms with Crippen LogP contribution < -0.4 is 0 Å². The highest BCUT2D eigenvalue weighted by Gasteiger charge is 2.30. The second-order valence-corrected chi connectivity index (χ2v) is 3.52. The van der Waals surface area contributed by atoms with E-state index in [1.54, 1.807) is 0 Å². The zero-order valence-electron chi connectivity index (χ0n) is 8.84. The van der Waals surface area contributed by atoms with Crippen molar-refractivity contribution in [3.63, 3.8) is 0 Å². The third kappa shape index (κ3) is 4.70. The van der Waals surface area contributed by atoms with Crippen LogP contribution in [0.3, 0.4) is 0 Å². The number of aliphatic hydroxyl groups excluding tert-OH is 1. The first-order valence-corrected chi connectivity index (χ1v) is 4.57. The molecule has 2 atom stereocenters. The summed E-state index contributed by atoms with van der Waals surface area (Å²) >= 11 is 0. The van der Waals surface area contributed by atoms with E-state index in [0.29, 0.717) is 0 Å². The molecule has 0 aromatic rings. The van der Waals surface area contributed by atoms with E-state index in [1.165, 1.54) is 6.92 Å². The fraction of sp³-hybridized carbons (Fsp3) is 0.500. The lowest BCUT2D eigenvalue weighted by atomic mass is 9.93. The molecule has 0 aromatic heterocycles. The largest absolute Gasteiger partial charge is 0.481 e. The number of carbonyl (C=O) groups excluding carboxylic acids is 1. The molecule has 2 unspecified atom stereocenters. The number of carboxylic acid groups (broad SMARTS) is 2. The van der Waals surface area contributed by atoms with Crippen molar-refractivity contribution in [3.8, 4) is 0 Å². The van der Waals surface area contributed by atoms with Crippen molar-refractivity contribution in [2.24, 2.45) is 5.92 Å². The van der Waals surface area contributed by atoms with Crippen LogP contribution in [0.2, 0.25) is 0 Å². The van der Waals surface area contributed by atoms with Gasteiger partial charge in [-0.2, -0.15) is 0 Å². The molecule has 0 saturated carbocycles. The Morgan fingerprint density at radius 2 is 1.69 bits per heavy atom. The molecular formula is C10H14O6. The molecular weight excluding hydrogens is 216 g/mol. The first-order chi connectivity index (χ1) is 7.25. The molecule has 0 aliphatic heterocycles. The Morgan fingerprint density at radius 3 is 2.00 bits per heavy atom. The SMILES string of the molecule is C=C(C)C(=O)CC(O)C(CC(=O)O)C(=O)O. The number of hydrogen-bond donors (Lipinski definition) is 3. The maximum absolute atomic E-state index is 11.2. The minimum absolute atomic E-state index is 0.193. The summed E-state index contributed by atoms with van der Waals surface area (Å²) in [5.74, 6) is -4.75. The van der Waals surface area contributed by atoms with Crippen LogP contribution in [-0.2, 0) is 14.4 Å². The molecule has 6 nitrogen and oxygen atoms in total. The topological polar surface area (TPSA) is 112 Å². The zero-order valence-corrected chi connectivity index (χ0v) is 8.84. The second-order valence-electron chi connectivity index (χ2n) is 3.52. The van der Waals surface area contributed by atoms with Crippen LogP contribution in [-0.4, -0.2) is 39.1 Å².